The van der Waals surface area contributed by atoms with Crippen LogP contribution in [-0.4, -0.2) is 22.4 Å². The van der Waals surface area contributed by atoms with Gasteiger partial charge in [0.15, 0.2) is 11.5 Å². The number of rotatable bonds is 3. The smallest absolute Gasteiger partial charge is 0.268 e. The molecule has 0 spiro atoms. The number of hydrogen-bond donors (Lipinski definition) is 2. The van der Waals surface area contributed by atoms with Gasteiger partial charge in [0.25, 0.3) is 5.91 Å². The average Bonchev–Trinajstić information content (AvgIpc) is 2.18. The molecule has 6 heteroatoms. The Morgan fingerprint density at radius 3 is 3.00 bits per heavy atom. The lowest BCUT2D eigenvalue weighted by Gasteiger charge is -2.04. The number of aromatic nitrogens is 2. The summed E-state index contributed by atoms with van der Waals surface area (Å²) in [4.78, 5) is 18.4. The summed E-state index contributed by atoms with van der Waals surface area (Å²) in [5, 5.41) is 11.5. The van der Waals surface area contributed by atoms with Crippen molar-refractivity contribution in [3.63, 3.8) is 0 Å². The van der Waals surface area contributed by atoms with Crippen LogP contribution in [0, 0.1) is 11.3 Å². The van der Waals surface area contributed by atoms with Crippen LogP contribution in [0.15, 0.2) is 6.20 Å². The summed E-state index contributed by atoms with van der Waals surface area (Å²) in [7, 11) is 0. The summed E-state index contributed by atoms with van der Waals surface area (Å²) in [5.41, 5.74) is 5.21. The first-order valence-corrected chi connectivity index (χ1v) is 3.99. The van der Waals surface area contributed by atoms with Crippen LogP contribution in [0.3, 0.4) is 0 Å². The van der Waals surface area contributed by atoms with Gasteiger partial charge in [-0.05, 0) is 6.92 Å². The minimum absolute atomic E-state index is 0.0416. The molecule has 0 aliphatic rings. The third kappa shape index (κ3) is 1.95. The lowest BCUT2D eigenvalue weighted by molar-refractivity contribution is 0.0995. The highest BCUT2D eigenvalue weighted by molar-refractivity contribution is 5.90. The molecule has 0 saturated carbocycles. The molecule has 0 bridgehead atoms. The fourth-order valence-corrected chi connectivity index (χ4v) is 0.880. The lowest BCUT2D eigenvalue weighted by atomic mass is 10.3. The number of carbonyl (C=O) groups excluding carboxylic acids is 1. The lowest BCUT2D eigenvalue weighted by Crippen LogP contribution is -2.15. The van der Waals surface area contributed by atoms with E-state index in [1.165, 1.54) is 6.20 Å². The molecule has 1 aromatic rings. The zero-order valence-electron chi connectivity index (χ0n) is 7.61. The van der Waals surface area contributed by atoms with Crippen LogP contribution in [-0.2, 0) is 0 Å². The van der Waals surface area contributed by atoms with Gasteiger partial charge in [0.2, 0.25) is 0 Å². The fourth-order valence-electron chi connectivity index (χ4n) is 0.880. The minimum atomic E-state index is -0.666. The Bertz CT molecular complexity index is 395. The first-order chi connectivity index (χ1) is 6.69. The Balaban J connectivity index is 3.15. The summed E-state index contributed by atoms with van der Waals surface area (Å²) in [6, 6.07) is 1.86. The number of anilines is 1. The van der Waals surface area contributed by atoms with Crippen molar-refractivity contribution in [2.24, 2.45) is 5.73 Å². The van der Waals surface area contributed by atoms with Gasteiger partial charge >= 0.3 is 0 Å². The van der Waals surface area contributed by atoms with E-state index in [-0.39, 0.29) is 17.2 Å². The number of carbonyl (C=O) groups is 1. The van der Waals surface area contributed by atoms with E-state index in [1.54, 1.807) is 0 Å². The van der Waals surface area contributed by atoms with E-state index in [9.17, 15) is 4.79 Å². The third-order valence-electron chi connectivity index (χ3n) is 1.48. The maximum Gasteiger partial charge on any atom is 0.268 e. The molecule has 1 aromatic heterocycles. The van der Waals surface area contributed by atoms with Gasteiger partial charge in [-0.15, -0.1) is 0 Å². The largest absolute Gasteiger partial charge is 0.368 e. The second-order valence-corrected chi connectivity index (χ2v) is 2.46. The van der Waals surface area contributed by atoms with Crippen LogP contribution in [0.25, 0.3) is 0 Å². The maximum absolute atomic E-state index is 10.8. The molecule has 1 heterocycles. The normalized spacial score (nSPS) is 9.14. The molecule has 0 aliphatic heterocycles. The van der Waals surface area contributed by atoms with Crippen molar-refractivity contribution in [2.45, 2.75) is 6.92 Å². The molecule has 3 N–H and O–H groups in total. The average molecular weight is 191 g/mol. The summed E-state index contributed by atoms with van der Waals surface area (Å²) in [6.45, 7) is 2.44. The molecule has 0 aliphatic carbocycles. The summed E-state index contributed by atoms with van der Waals surface area (Å²) in [6.07, 6.45) is 1.18. The van der Waals surface area contributed by atoms with E-state index in [0.717, 1.165) is 0 Å². The molecular weight excluding hydrogens is 182 g/mol. The number of hydrogen-bond acceptors (Lipinski definition) is 5. The predicted octanol–water partition coefficient (Wildman–Crippen LogP) is -0.121. The van der Waals surface area contributed by atoms with Crippen LogP contribution in [0.1, 0.15) is 23.1 Å². The van der Waals surface area contributed by atoms with Crippen LogP contribution in [0.2, 0.25) is 0 Å². The van der Waals surface area contributed by atoms with Gasteiger partial charge in [-0.1, -0.05) is 0 Å². The van der Waals surface area contributed by atoms with Crippen molar-refractivity contribution in [1.29, 1.82) is 5.26 Å². The van der Waals surface area contributed by atoms with E-state index >= 15 is 0 Å². The van der Waals surface area contributed by atoms with Gasteiger partial charge < -0.3 is 11.1 Å². The highest BCUT2D eigenvalue weighted by Crippen LogP contribution is 2.08. The molecule has 14 heavy (non-hydrogen) atoms. The van der Waals surface area contributed by atoms with Crippen LogP contribution >= 0.6 is 0 Å². The molecule has 0 atom stereocenters. The molecule has 1 rings (SSSR count). The monoisotopic (exact) mass is 191 g/mol. The maximum atomic E-state index is 10.8. The highest BCUT2D eigenvalue weighted by Gasteiger charge is 2.08. The number of nitrogens with zero attached hydrogens (tertiary/aromatic N) is 3. The van der Waals surface area contributed by atoms with Crippen molar-refractivity contribution in [3.8, 4) is 6.07 Å². The third-order valence-corrected chi connectivity index (χ3v) is 1.48. The molecule has 0 radical (unpaired) electrons. The number of nitrogens with one attached hydrogen (secondary N) is 1. The molecule has 0 fully saturated rings. The first-order valence-electron chi connectivity index (χ1n) is 3.99. The number of amides is 1. The Morgan fingerprint density at radius 2 is 2.50 bits per heavy atom. The standard InChI is InChI=1S/C8H9N5O/c1-2-11-8-5(3-9)12-4-6(13-8)7(10)14/h4H,2H2,1H3,(H2,10,14)(H,11,13). The molecule has 6 nitrogen and oxygen atoms in total. The molecular formula is C8H9N5O. The summed E-state index contributed by atoms with van der Waals surface area (Å²) < 4.78 is 0. The summed E-state index contributed by atoms with van der Waals surface area (Å²) in [5.74, 6) is -0.382. The molecule has 1 amide bonds. The number of primary amides is 1. The van der Waals surface area contributed by atoms with Crippen molar-refractivity contribution in [2.75, 3.05) is 11.9 Å². The van der Waals surface area contributed by atoms with Crippen LogP contribution in [0.5, 0.6) is 0 Å². The number of nitriles is 1. The van der Waals surface area contributed by atoms with Crippen molar-refractivity contribution >= 4 is 11.7 Å². The van der Waals surface area contributed by atoms with Crippen molar-refractivity contribution < 1.29 is 4.79 Å². The fraction of sp³-hybridized carbons (Fsp3) is 0.250. The second-order valence-electron chi connectivity index (χ2n) is 2.46. The highest BCUT2D eigenvalue weighted by atomic mass is 16.1. The molecule has 0 saturated heterocycles. The van der Waals surface area contributed by atoms with E-state index in [4.69, 9.17) is 11.0 Å². The Hall–Kier alpha value is -2.16. The van der Waals surface area contributed by atoms with Gasteiger partial charge in [-0.3, -0.25) is 4.79 Å². The first kappa shape index (κ1) is 9.92. The second kappa shape index (κ2) is 4.18. The van der Waals surface area contributed by atoms with Crippen molar-refractivity contribution in [3.05, 3.63) is 17.6 Å². The van der Waals surface area contributed by atoms with E-state index in [0.29, 0.717) is 6.54 Å². The van der Waals surface area contributed by atoms with E-state index < -0.39 is 5.91 Å². The minimum Gasteiger partial charge on any atom is -0.368 e. The SMILES string of the molecule is CCNc1nc(C(N)=O)cnc1C#N. The molecule has 0 unspecified atom stereocenters. The Labute approximate surface area is 80.8 Å². The van der Waals surface area contributed by atoms with Crippen LogP contribution < -0.4 is 11.1 Å². The van der Waals surface area contributed by atoms with Crippen LogP contribution in [0.4, 0.5) is 5.82 Å². The van der Waals surface area contributed by atoms with Gasteiger partial charge in [-0.25, -0.2) is 9.97 Å². The molecule has 0 aromatic carbocycles. The topological polar surface area (TPSA) is 105 Å². The van der Waals surface area contributed by atoms with Gasteiger partial charge in [-0.2, -0.15) is 5.26 Å². The van der Waals surface area contributed by atoms with Gasteiger partial charge in [0, 0.05) is 6.54 Å². The quantitative estimate of drug-likeness (QED) is 0.692. The number of nitrogens with two attached hydrogens (primary N) is 1. The zero-order chi connectivity index (χ0) is 10.6. The molecule has 72 valence electrons. The van der Waals surface area contributed by atoms with Gasteiger partial charge in [0.1, 0.15) is 11.8 Å². The summed E-state index contributed by atoms with van der Waals surface area (Å²) >= 11 is 0. The van der Waals surface area contributed by atoms with E-state index in [1.807, 2.05) is 13.0 Å². The van der Waals surface area contributed by atoms with Crippen molar-refractivity contribution in [1.82, 2.24) is 9.97 Å². The van der Waals surface area contributed by atoms with E-state index in [2.05, 4.69) is 15.3 Å². The Morgan fingerprint density at radius 1 is 1.79 bits per heavy atom. The van der Waals surface area contributed by atoms with Gasteiger partial charge in [0.05, 0.1) is 6.20 Å². The Kier molecular flexibility index (Phi) is 2.97. The zero-order valence-corrected chi connectivity index (χ0v) is 7.61. The predicted molar refractivity (Wildman–Crippen MR) is 49.4 cm³/mol.